The van der Waals surface area contributed by atoms with Gasteiger partial charge in [0.25, 0.3) is 0 Å². The highest BCUT2D eigenvalue weighted by Crippen LogP contribution is 2.29. The van der Waals surface area contributed by atoms with E-state index in [4.69, 9.17) is 14.7 Å². The molecule has 6 nitrogen and oxygen atoms in total. The summed E-state index contributed by atoms with van der Waals surface area (Å²) in [5, 5.41) is 11.8. The second kappa shape index (κ2) is 7.70. The number of ketones is 1. The van der Waals surface area contributed by atoms with Crippen LogP contribution in [0.1, 0.15) is 34.8 Å². The van der Waals surface area contributed by atoms with Gasteiger partial charge in [0.15, 0.2) is 23.9 Å². The number of aryl methyl sites for hydroxylation is 1. The van der Waals surface area contributed by atoms with E-state index in [0.717, 1.165) is 11.3 Å². The lowest BCUT2D eigenvalue weighted by molar-refractivity contribution is -0.116. The van der Waals surface area contributed by atoms with Crippen molar-refractivity contribution in [2.75, 3.05) is 18.5 Å². The number of carbonyl (C=O) groups is 2. The molecule has 6 heteroatoms. The van der Waals surface area contributed by atoms with Gasteiger partial charge in [0, 0.05) is 23.7 Å². The van der Waals surface area contributed by atoms with Crippen LogP contribution >= 0.6 is 0 Å². The number of carbonyl (C=O) groups excluding carboxylic acids is 2. The number of ether oxygens (including phenoxy) is 2. The van der Waals surface area contributed by atoms with E-state index in [1.807, 2.05) is 13.0 Å². The fourth-order valence-electron chi connectivity index (χ4n) is 2.75. The summed E-state index contributed by atoms with van der Waals surface area (Å²) in [5.41, 5.74) is 2.70. The van der Waals surface area contributed by atoms with Gasteiger partial charge in [0.05, 0.1) is 18.2 Å². The highest BCUT2D eigenvalue weighted by atomic mass is 16.5. The molecule has 1 aliphatic rings. The third kappa shape index (κ3) is 3.83. The van der Waals surface area contributed by atoms with E-state index in [-0.39, 0.29) is 18.3 Å². The van der Waals surface area contributed by atoms with Gasteiger partial charge >= 0.3 is 0 Å². The van der Waals surface area contributed by atoms with Crippen LogP contribution in [0.3, 0.4) is 0 Å². The number of rotatable bonds is 6. The van der Waals surface area contributed by atoms with E-state index >= 15 is 0 Å². The van der Waals surface area contributed by atoms with Gasteiger partial charge in [-0.05, 0) is 49.2 Å². The van der Waals surface area contributed by atoms with Gasteiger partial charge in [0.1, 0.15) is 0 Å². The predicted octanol–water partition coefficient (Wildman–Crippen LogP) is 3.10. The van der Waals surface area contributed by atoms with Crippen LogP contribution < -0.4 is 14.8 Å². The molecule has 1 amide bonds. The Morgan fingerprint density at radius 2 is 2.00 bits per heavy atom. The van der Waals surface area contributed by atoms with Crippen LogP contribution in [0.5, 0.6) is 11.5 Å². The summed E-state index contributed by atoms with van der Waals surface area (Å²) in [6.07, 6.45) is 1.04. The van der Waals surface area contributed by atoms with Crippen molar-refractivity contribution in [3.05, 3.63) is 53.1 Å². The van der Waals surface area contributed by atoms with Crippen LogP contribution in [0.15, 0.2) is 36.4 Å². The molecule has 0 aliphatic carbocycles. The Hall–Kier alpha value is -3.33. The van der Waals surface area contributed by atoms with Crippen LogP contribution in [-0.2, 0) is 11.2 Å². The maximum absolute atomic E-state index is 12.5. The molecule has 0 unspecified atom stereocenters. The third-order valence-electron chi connectivity index (χ3n) is 4.05. The van der Waals surface area contributed by atoms with Gasteiger partial charge in [-0.1, -0.05) is 0 Å². The number of amides is 1. The molecular weight excluding hydrogens is 332 g/mol. The van der Waals surface area contributed by atoms with Gasteiger partial charge in [-0.2, -0.15) is 5.26 Å². The molecule has 0 saturated carbocycles. The summed E-state index contributed by atoms with van der Waals surface area (Å²) in [6.45, 7) is 2.12. The number of anilines is 1. The second-order valence-corrected chi connectivity index (χ2v) is 5.84. The Morgan fingerprint density at radius 3 is 2.77 bits per heavy atom. The zero-order valence-corrected chi connectivity index (χ0v) is 14.4. The Bertz CT molecular complexity index is 899. The summed E-state index contributed by atoms with van der Waals surface area (Å²) < 4.78 is 11.1. The Labute approximate surface area is 151 Å². The fraction of sp³-hybridized carbons (Fsp3) is 0.250. The summed E-state index contributed by atoms with van der Waals surface area (Å²) >= 11 is 0. The van der Waals surface area contributed by atoms with E-state index in [1.54, 1.807) is 36.4 Å². The monoisotopic (exact) mass is 350 g/mol. The van der Waals surface area contributed by atoms with Crippen molar-refractivity contribution >= 4 is 17.4 Å². The van der Waals surface area contributed by atoms with E-state index in [9.17, 15) is 9.59 Å². The van der Waals surface area contributed by atoms with Crippen molar-refractivity contribution in [1.29, 1.82) is 5.26 Å². The van der Waals surface area contributed by atoms with Crippen molar-refractivity contribution in [3.8, 4) is 17.6 Å². The first-order valence-electron chi connectivity index (χ1n) is 8.36. The molecule has 1 N–H and O–H groups in total. The van der Waals surface area contributed by atoms with Crippen molar-refractivity contribution in [3.63, 3.8) is 0 Å². The van der Waals surface area contributed by atoms with Crippen LogP contribution in [0, 0.1) is 11.3 Å². The number of fused-ring (bicyclic) bond motifs is 1. The lowest BCUT2D eigenvalue weighted by Gasteiger charge is -2.17. The molecule has 0 saturated heterocycles. The average Bonchev–Trinajstić information content (AvgIpc) is 2.66. The average molecular weight is 350 g/mol. The highest BCUT2D eigenvalue weighted by Gasteiger charge is 2.17. The Kier molecular flexibility index (Phi) is 5.18. The highest BCUT2D eigenvalue weighted by molar-refractivity contribution is 5.99. The maximum Gasteiger partial charge on any atom is 0.224 e. The van der Waals surface area contributed by atoms with Gasteiger partial charge in [-0.3, -0.25) is 9.59 Å². The van der Waals surface area contributed by atoms with Crippen molar-refractivity contribution in [2.24, 2.45) is 0 Å². The third-order valence-corrected chi connectivity index (χ3v) is 4.05. The molecule has 0 aromatic heterocycles. The Morgan fingerprint density at radius 1 is 1.15 bits per heavy atom. The molecule has 0 spiro atoms. The number of Topliss-reactive ketones (excluding diaryl/α,β-unsaturated/α-hetero) is 1. The van der Waals surface area contributed by atoms with Gasteiger partial charge in [0.2, 0.25) is 5.91 Å². The normalized spacial score (nSPS) is 12.5. The second-order valence-electron chi connectivity index (χ2n) is 5.84. The first kappa shape index (κ1) is 17.5. The van der Waals surface area contributed by atoms with E-state index in [0.29, 0.717) is 42.1 Å². The number of nitriles is 1. The minimum Gasteiger partial charge on any atom is -0.490 e. The Balaban J connectivity index is 1.71. The number of nitrogens with zero attached hydrogens (tertiary/aromatic N) is 1. The smallest absolute Gasteiger partial charge is 0.224 e. The summed E-state index contributed by atoms with van der Waals surface area (Å²) in [4.78, 5) is 23.9. The van der Waals surface area contributed by atoms with Crippen LogP contribution in [-0.4, -0.2) is 24.9 Å². The fourth-order valence-corrected chi connectivity index (χ4v) is 2.75. The standard InChI is InChI=1S/C20H18N2O4/c1-2-25-19-9-13(11-21)3-7-18(19)26-12-17(23)15-4-6-16-14(10-15)5-8-20(24)22-16/h3-4,6-7,9-10H,2,5,8,12H2,1H3,(H,22,24). The van der Waals surface area contributed by atoms with Crippen LogP contribution in [0.4, 0.5) is 5.69 Å². The van der Waals surface area contributed by atoms with Crippen LogP contribution in [0.2, 0.25) is 0 Å². The van der Waals surface area contributed by atoms with E-state index < -0.39 is 0 Å². The molecular formula is C20H18N2O4. The zero-order chi connectivity index (χ0) is 18.5. The lowest BCUT2D eigenvalue weighted by Crippen LogP contribution is -2.20. The summed E-state index contributed by atoms with van der Waals surface area (Å²) in [7, 11) is 0. The zero-order valence-electron chi connectivity index (χ0n) is 14.4. The number of nitrogens with one attached hydrogen (secondary N) is 1. The SMILES string of the molecule is CCOc1cc(C#N)ccc1OCC(=O)c1ccc2c(c1)CCC(=O)N2. The summed E-state index contributed by atoms with van der Waals surface area (Å²) in [5.74, 6) is 0.678. The number of hydrogen-bond donors (Lipinski definition) is 1. The molecule has 1 heterocycles. The van der Waals surface area contributed by atoms with E-state index in [2.05, 4.69) is 5.32 Å². The first-order chi connectivity index (χ1) is 12.6. The number of benzene rings is 2. The maximum atomic E-state index is 12.5. The molecule has 2 aromatic carbocycles. The summed E-state index contributed by atoms with van der Waals surface area (Å²) in [6, 6.07) is 12.1. The minimum absolute atomic E-state index is 0.0100. The molecule has 1 aliphatic heterocycles. The molecule has 3 rings (SSSR count). The van der Waals surface area contributed by atoms with Gasteiger partial charge in [-0.15, -0.1) is 0 Å². The van der Waals surface area contributed by atoms with Crippen molar-refractivity contribution in [1.82, 2.24) is 0 Å². The van der Waals surface area contributed by atoms with Gasteiger partial charge in [-0.25, -0.2) is 0 Å². The quantitative estimate of drug-likeness (QED) is 0.809. The predicted molar refractivity (Wildman–Crippen MR) is 95.5 cm³/mol. The van der Waals surface area contributed by atoms with Crippen molar-refractivity contribution in [2.45, 2.75) is 19.8 Å². The molecule has 0 radical (unpaired) electrons. The molecule has 2 aromatic rings. The molecule has 26 heavy (non-hydrogen) atoms. The molecule has 132 valence electrons. The topological polar surface area (TPSA) is 88.4 Å². The molecule has 0 bridgehead atoms. The largest absolute Gasteiger partial charge is 0.490 e. The minimum atomic E-state index is -0.170. The first-order valence-corrected chi connectivity index (χ1v) is 8.36. The van der Waals surface area contributed by atoms with E-state index in [1.165, 1.54) is 0 Å². The van der Waals surface area contributed by atoms with Crippen LogP contribution in [0.25, 0.3) is 0 Å². The lowest BCUT2D eigenvalue weighted by atomic mass is 9.99. The van der Waals surface area contributed by atoms with Crippen molar-refractivity contribution < 1.29 is 19.1 Å². The molecule has 0 fully saturated rings. The number of hydrogen-bond acceptors (Lipinski definition) is 5. The van der Waals surface area contributed by atoms with Gasteiger partial charge < -0.3 is 14.8 Å². The molecule has 0 atom stereocenters.